The molecule has 0 aliphatic heterocycles. The molecule has 0 aromatic carbocycles. The molecule has 0 amide bonds. The Balaban J connectivity index is 2.08. The Bertz CT molecular complexity index is 529. The van der Waals surface area contributed by atoms with Crippen molar-refractivity contribution < 1.29 is 9.84 Å². The molecule has 0 aliphatic rings. The maximum absolute atomic E-state index is 9.21. The van der Waals surface area contributed by atoms with Crippen LogP contribution in [0, 0.1) is 6.92 Å². The number of ether oxygens (including phenoxy) is 1. The number of halogens is 1. The molecule has 2 aromatic rings. The van der Waals surface area contributed by atoms with Crippen molar-refractivity contribution in [3.05, 3.63) is 52.0 Å². The number of aromatic nitrogens is 2. The lowest BCUT2D eigenvalue weighted by atomic mass is 10.3. The maximum Gasteiger partial charge on any atom is 0.143 e. The molecular weight excluding hydrogens is 296 g/mol. The van der Waals surface area contributed by atoms with Crippen LogP contribution in [0.3, 0.4) is 0 Å². The minimum atomic E-state index is -0.134. The molecule has 1 N–H and O–H groups in total. The average molecular weight is 309 g/mol. The highest BCUT2D eigenvalue weighted by molar-refractivity contribution is 9.10. The van der Waals surface area contributed by atoms with Crippen LogP contribution in [0.1, 0.15) is 17.1 Å². The smallest absolute Gasteiger partial charge is 0.143 e. The van der Waals surface area contributed by atoms with Crippen LogP contribution < -0.4 is 4.74 Å². The Morgan fingerprint density at radius 1 is 1.28 bits per heavy atom. The molecule has 2 aromatic heterocycles. The molecular formula is C13H13BrN2O2. The van der Waals surface area contributed by atoms with Crippen molar-refractivity contribution >= 4 is 15.9 Å². The van der Waals surface area contributed by atoms with Gasteiger partial charge in [0, 0.05) is 16.4 Å². The molecule has 0 unspecified atom stereocenters. The van der Waals surface area contributed by atoms with Gasteiger partial charge in [0.05, 0.1) is 12.3 Å². The van der Waals surface area contributed by atoms with Gasteiger partial charge in [-0.05, 0) is 47.1 Å². The predicted molar refractivity (Wildman–Crippen MR) is 71.2 cm³/mol. The number of rotatable bonds is 4. The van der Waals surface area contributed by atoms with Gasteiger partial charge in [-0.1, -0.05) is 0 Å². The molecule has 0 fully saturated rings. The second kappa shape index (κ2) is 5.93. The van der Waals surface area contributed by atoms with Crippen LogP contribution in [0.25, 0.3) is 0 Å². The topological polar surface area (TPSA) is 55.2 Å². The van der Waals surface area contributed by atoms with E-state index in [2.05, 4.69) is 25.9 Å². The molecule has 0 atom stereocenters. The van der Waals surface area contributed by atoms with Crippen LogP contribution in [0.15, 0.2) is 34.9 Å². The number of aryl methyl sites for hydroxylation is 1. The van der Waals surface area contributed by atoms with E-state index in [1.165, 1.54) is 0 Å². The Morgan fingerprint density at radius 2 is 2.11 bits per heavy atom. The highest BCUT2D eigenvalue weighted by Crippen LogP contribution is 2.18. The van der Waals surface area contributed by atoms with Crippen LogP contribution in [0.5, 0.6) is 5.75 Å². The first-order chi connectivity index (χ1) is 8.69. The summed E-state index contributed by atoms with van der Waals surface area (Å²) in [6.07, 6.45) is 1.72. The number of nitrogens with zero attached hydrogens (tertiary/aromatic N) is 2. The van der Waals surface area contributed by atoms with Crippen LogP contribution in [-0.4, -0.2) is 15.1 Å². The molecule has 5 heteroatoms. The Morgan fingerprint density at radius 3 is 2.78 bits per heavy atom. The summed E-state index contributed by atoms with van der Waals surface area (Å²) in [4.78, 5) is 8.43. The summed E-state index contributed by atoms with van der Waals surface area (Å²) < 4.78 is 6.54. The normalized spacial score (nSPS) is 10.4. The minimum Gasteiger partial charge on any atom is -0.485 e. The summed E-state index contributed by atoms with van der Waals surface area (Å²) in [5, 5.41) is 9.21. The Labute approximate surface area is 114 Å². The first-order valence-corrected chi connectivity index (χ1v) is 6.29. The number of aliphatic hydroxyl groups excluding tert-OH is 1. The van der Waals surface area contributed by atoms with Gasteiger partial charge in [-0.25, -0.2) is 0 Å². The highest BCUT2D eigenvalue weighted by atomic mass is 79.9. The summed E-state index contributed by atoms with van der Waals surface area (Å²) in [5.74, 6) is 0.591. The van der Waals surface area contributed by atoms with E-state index in [1.807, 2.05) is 31.2 Å². The molecule has 2 rings (SSSR count). The van der Waals surface area contributed by atoms with E-state index in [-0.39, 0.29) is 6.61 Å². The van der Waals surface area contributed by atoms with Crippen LogP contribution in [0.4, 0.5) is 0 Å². The molecule has 0 saturated carbocycles. The van der Waals surface area contributed by atoms with Crippen LogP contribution in [0.2, 0.25) is 0 Å². The van der Waals surface area contributed by atoms with Crippen LogP contribution in [-0.2, 0) is 13.2 Å². The third-order valence-electron chi connectivity index (χ3n) is 2.39. The molecule has 0 saturated heterocycles. The molecule has 0 bridgehead atoms. The van der Waals surface area contributed by atoms with Crippen molar-refractivity contribution in [3.8, 4) is 5.75 Å². The molecule has 0 aliphatic carbocycles. The third kappa shape index (κ3) is 3.27. The zero-order chi connectivity index (χ0) is 13.0. The first kappa shape index (κ1) is 13.0. The van der Waals surface area contributed by atoms with E-state index in [0.717, 1.165) is 15.9 Å². The third-order valence-corrected chi connectivity index (χ3v) is 2.85. The van der Waals surface area contributed by atoms with Gasteiger partial charge < -0.3 is 9.84 Å². The second-order valence-corrected chi connectivity index (χ2v) is 4.73. The van der Waals surface area contributed by atoms with Gasteiger partial charge in [0.15, 0.2) is 0 Å². The molecule has 4 nitrogen and oxygen atoms in total. The number of hydrogen-bond acceptors (Lipinski definition) is 4. The second-order valence-electron chi connectivity index (χ2n) is 3.81. The van der Waals surface area contributed by atoms with E-state index < -0.39 is 0 Å². The zero-order valence-electron chi connectivity index (χ0n) is 9.93. The first-order valence-electron chi connectivity index (χ1n) is 5.49. The highest BCUT2D eigenvalue weighted by Gasteiger charge is 2.05. The maximum atomic E-state index is 9.21. The van der Waals surface area contributed by atoms with Crippen LogP contribution >= 0.6 is 15.9 Å². The van der Waals surface area contributed by atoms with Gasteiger partial charge in [0.1, 0.15) is 18.1 Å². The largest absolute Gasteiger partial charge is 0.485 e. The minimum absolute atomic E-state index is 0.134. The van der Waals surface area contributed by atoms with E-state index in [9.17, 15) is 5.11 Å². The van der Waals surface area contributed by atoms with Crippen molar-refractivity contribution in [3.63, 3.8) is 0 Å². The van der Waals surface area contributed by atoms with E-state index >= 15 is 0 Å². The van der Waals surface area contributed by atoms with Crippen molar-refractivity contribution in [2.24, 2.45) is 0 Å². The quantitative estimate of drug-likeness (QED) is 0.943. The SMILES string of the molecule is Cc1ccc(OCc2ccc(Br)cn2)c(CO)n1. The standard InChI is InChI=1S/C13H13BrN2O2/c1-9-2-5-13(12(7-17)16-9)18-8-11-4-3-10(14)6-15-11/h2-6,17H,7-8H2,1H3. The van der Waals surface area contributed by atoms with Gasteiger partial charge in [0.25, 0.3) is 0 Å². The average Bonchev–Trinajstić information content (AvgIpc) is 2.39. The van der Waals surface area contributed by atoms with Gasteiger partial charge >= 0.3 is 0 Å². The van der Waals surface area contributed by atoms with Crippen molar-refractivity contribution in [1.82, 2.24) is 9.97 Å². The summed E-state index contributed by atoms with van der Waals surface area (Å²) in [6, 6.07) is 7.45. The Kier molecular flexibility index (Phi) is 4.28. The fourth-order valence-corrected chi connectivity index (χ4v) is 1.72. The fourth-order valence-electron chi connectivity index (χ4n) is 1.49. The summed E-state index contributed by atoms with van der Waals surface area (Å²) in [5.41, 5.74) is 2.22. The number of aliphatic hydroxyl groups is 1. The molecule has 0 radical (unpaired) electrons. The lowest BCUT2D eigenvalue weighted by Crippen LogP contribution is -2.02. The lowest BCUT2D eigenvalue weighted by Gasteiger charge is -2.09. The van der Waals surface area contributed by atoms with Crippen molar-refractivity contribution in [1.29, 1.82) is 0 Å². The summed E-state index contributed by atoms with van der Waals surface area (Å²) in [7, 11) is 0. The number of hydrogen-bond donors (Lipinski definition) is 1. The van der Waals surface area contributed by atoms with Gasteiger partial charge in [-0.3, -0.25) is 9.97 Å². The predicted octanol–water partition coefficient (Wildman–Crippen LogP) is 2.62. The molecule has 0 spiro atoms. The molecule has 18 heavy (non-hydrogen) atoms. The summed E-state index contributed by atoms with van der Waals surface area (Å²) in [6.45, 7) is 2.09. The van der Waals surface area contributed by atoms with E-state index in [1.54, 1.807) is 6.20 Å². The van der Waals surface area contributed by atoms with Gasteiger partial charge in [0.2, 0.25) is 0 Å². The van der Waals surface area contributed by atoms with Crippen molar-refractivity contribution in [2.75, 3.05) is 0 Å². The number of pyridine rings is 2. The Hall–Kier alpha value is -1.46. The lowest BCUT2D eigenvalue weighted by molar-refractivity contribution is 0.251. The van der Waals surface area contributed by atoms with Gasteiger partial charge in [-0.15, -0.1) is 0 Å². The zero-order valence-corrected chi connectivity index (χ0v) is 11.5. The summed E-state index contributed by atoms with van der Waals surface area (Å²) >= 11 is 3.33. The van der Waals surface area contributed by atoms with E-state index in [4.69, 9.17) is 4.74 Å². The molecule has 94 valence electrons. The van der Waals surface area contributed by atoms with E-state index in [0.29, 0.717) is 18.1 Å². The molecule has 2 heterocycles. The van der Waals surface area contributed by atoms with Gasteiger partial charge in [-0.2, -0.15) is 0 Å². The fraction of sp³-hybridized carbons (Fsp3) is 0.231. The van der Waals surface area contributed by atoms with Crippen molar-refractivity contribution in [2.45, 2.75) is 20.1 Å². The monoisotopic (exact) mass is 308 g/mol.